The standard InChI is InChI=1S/C9H9FO2/c1-2-8(11)6-3-4-7(10)9(12)5-6/h3-5,12H,2H2,1H3. The minimum Gasteiger partial charge on any atom is -0.505 e. The number of hydrogen-bond acceptors (Lipinski definition) is 2. The fraction of sp³-hybridized carbons (Fsp3) is 0.222. The van der Waals surface area contributed by atoms with Gasteiger partial charge < -0.3 is 5.11 Å². The van der Waals surface area contributed by atoms with Crippen molar-refractivity contribution in [1.82, 2.24) is 0 Å². The van der Waals surface area contributed by atoms with Crippen LogP contribution < -0.4 is 0 Å². The summed E-state index contributed by atoms with van der Waals surface area (Å²) >= 11 is 0. The summed E-state index contributed by atoms with van der Waals surface area (Å²) in [6.45, 7) is 1.71. The molecule has 0 atom stereocenters. The molecule has 64 valence electrons. The highest BCUT2D eigenvalue weighted by atomic mass is 19.1. The summed E-state index contributed by atoms with van der Waals surface area (Å²) in [5, 5.41) is 8.92. The maximum atomic E-state index is 12.5. The van der Waals surface area contributed by atoms with Crippen molar-refractivity contribution < 1.29 is 14.3 Å². The number of Topliss-reactive ketones (excluding diaryl/α,β-unsaturated/α-hetero) is 1. The summed E-state index contributed by atoms with van der Waals surface area (Å²) in [5.74, 6) is -1.29. The van der Waals surface area contributed by atoms with Gasteiger partial charge in [0.15, 0.2) is 17.3 Å². The normalized spacial score (nSPS) is 9.83. The van der Waals surface area contributed by atoms with Crippen molar-refractivity contribution in [2.24, 2.45) is 0 Å². The Morgan fingerprint density at radius 1 is 1.58 bits per heavy atom. The van der Waals surface area contributed by atoms with Crippen LogP contribution in [0.2, 0.25) is 0 Å². The quantitative estimate of drug-likeness (QED) is 0.687. The molecule has 0 aliphatic rings. The SMILES string of the molecule is CCC(=O)c1ccc(F)c(O)c1. The molecule has 0 saturated carbocycles. The van der Waals surface area contributed by atoms with Crippen molar-refractivity contribution in [2.75, 3.05) is 0 Å². The zero-order valence-electron chi connectivity index (χ0n) is 6.67. The van der Waals surface area contributed by atoms with Gasteiger partial charge in [-0.2, -0.15) is 0 Å². The topological polar surface area (TPSA) is 37.3 Å². The van der Waals surface area contributed by atoms with E-state index in [1.54, 1.807) is 6.92 Å². The number of rotatable bonds is 2. The third-order valence-electron chi connectivity index (χ3n) is 1.59. The molecule has 0 aliphatic carbocycles. The molecule has 0 aliphatic heterocycles. The maximum Gasteiger partial charge on any atom is 0.164 e. The van der Waals surface area contributed by atoms with Gasteiger partial charge in [0, 0.05) is 12.0 Å². The number of carbonyl (C=O) groups excluding carboxylic acids is 1. The van der Waals surface area contributed by atoms with E-state index in [0.717, 1.165) is 12.1 Å². The molecular weight excluding hydrogens is 159 g/mol. The predicted molar refractivity (Wildman–Crippen MR) is 42.7 cm³/mol. The van der Waals surface area contributed by atoms with Gasteiger partial charge in [0.2, 0.25) is 0 Å². The molecule has 1 N–H and O–H groups in total. The molecule has 0 amide bonds. The van der Waals surface area contributed by atoms with Crippen molar-refractivity contribution in [2.45, 2.75) is 13.3 Å². The molecule has 0 radical (unpaired) electrons. The van der Waals surface area contributed by atoms with Gasteiger partial charge in [-0.05, 0) is 18.2 Å². The highest BCUT2D eigenvalue weighted by Crippen LogP contribution is 2.17. The van der Waals surface area contributed by atoms with E-state index in [0.29, 0.717) is 12.0 Å². The zero-order chi connectivity index (χ0) is 9.14. The second kappa shape index (κ2) is 3.34. The molecule has 0 heterocycles. The zero-order valence-corrected chi connectivity index (χ0v) is 6.67. The van der Waals surface area contributed by atoms with Crippen LogP contribution in [-0.4, -0.2) is 10.9 Å². The summed E-state index contributed by atoms with van der Waals surface area (Å²) in [6, 6.07) is 3.58. The molecule has 3 heteroatoms. The van der Waals surface area contributed by atoms with Crippen LogP contribution in [0.4, 0.5) is 4.39 Å². The Morgan fingerprint density at radius 2 is 2.25 bits per heavy atom. The van der Waals surface area contributed by atoms with Crippen LogP contribution in [-0.2, 0) is 0 Å². The third kappa shape index (κ3) is 1.61. The van der Waals surface area contributed by atoms with Gasteiger partial charge in [-0.1, -0.05) is 6.92 Å². The minimum absolute atomic E-state index is 0.106. The molecular formula is C9H9FO2. The van der Waals surface area contributed by atoms with Crippen LogP contribution in [0.25, 0.3) is 0 Å². The van der Waals surface area contributed by atoms with E-state index in [1.807, 2.05) is 0 Å². The van der Waals surface area contributed by atoms with Crippen molar-refractivity contribution in [1.29, 1.82) is 0 Å². The van der Waals surface area contributed by atoms with Gasteiger partial charge in [0.1, 0.15) is 0 Å². The first-order valence-electron chi connectivity index (χ1n) is 3.67. The molecule has 0 bridgehead atoms. The van der Waals surface area contributed by atoms with E-state index >= 15 is 0 Å². The summed E-state index contributed by atoms with van der Waals surface area (Å²) < 4.78 is 12.5. The number of carbonyl (C=O) groups is 1. The number of ketones is 1. The first-order chi connectivity index (χ1) is 5.65. The van der Waals surface area contributed by atoms with Crippen LogP contribution in [0, 0.1) is 5.82 Å². The minimum atomic E-state index is -0.706. The second-order valence-electron chi connectivity index (χ2n) is 2.44. The lowest BCUT2D eigenvalue weighted by Gasteiger charge is -1.98. The molecule has 0 unspecified atom stereocenters. The Labute approximate surface area is 69.6 Å². The molecule has 1 rings (SSSR count). The van der Waals surface area contributed by atoms with Gasteiger partial charge in [0.25, 0.3) is 0 Å². The summed E-state index contributed by atoms with van der Waals surface area (Å²) in [5.41, 5.74) is 0.344. The predicted octanol–water partition coefficient (Wildman–Crippen LogP) is 2.12. The number of benzene rings is 1. The van der Waals surface area contributed by atoms with E-state index in [4.69, 9.17) is 5.11 Å². The molecule has 1 aromatic carbocycles. The summed E-state index contributed by atoms with van der Waals surface area (Å²) in [6.07, 6.45) is 0.352. The monoisotopic (exact) mass is 168 g/mol. The molecule has 0 spiro atoms. The smallest absolute Gasteiger partial charge is 0.164 e. The van der Waals surface area contributed by atoms with E-state index in [2.05, 4.69) is 0 Å². The lowest BCUT2D eigenvalue weighted by Crippen LogP contribution is -1.96. The van der Waals surface area contributed by atoms with E-state index in [-0.39, 0.29) is 5.78 Å². The average molecular weight is 168 g/mol. The number of phenolic OH excluding ortho intramolecular Hbond substituents is 1. The molecule has 1 aromatic rings. The number of aromatic hydroxyl groups is 1. The van der Waals surface area contributed by atoms with Crippen LogP contribution in [0.5, 0.6) is 5.75 Å². The fourth-order valence-corrected chi connectivity index (χ4v) is 0.890. The van der Waals surface area contributed by atoms with E-state index < -0.39 is 11.6 Å². The lowest BCUT2D eigenvalue weighted by atomic mass is 10.1. The first-order valence-corrected chi connectivity index (χ1v) is 3.67. The largest absolute Gasteiger partial charge is 0.505 e. The highest BCUT2D eigenvalue weighted by Gasteiger charge is 2.06. The van der Waals surface area contributed by atoms with Gasteiger partial charge in [-0.15, -0.1) is 0 Å². The fourth-order valence-electron chi connectivity index (χ4n) is 0.890. The van der Waals surface area contributed by atoms with Crippen LogP contribution in [0.15, 0.2) is 18.2 Å². The van der Waals surface area contributed by atoms with Gasteiger partial charge in [-0.3, -0.25) is 4.79 Å². The van der Waals surface area contributed by atoms with Crippen LogP contribution in [0.1, 0.15) is 23.7 Å². The summed E-state index contributed by atoms with van der Waals surface area (Å²) in [7, 11) is 0. The average Bonchev–Trinajstić information content (AvgIpc) is 2.08. The van der Waals surface area contributed by atoms with Crippen molar-refractivity contribution in [3.63, 3.8) is 0 Å². The van der Waals surface area contributed by atoms with Crippen LogP contribution >= 0.6 is 0 Å². The van der Waals surface area contributed by atoms with Gasteiger partial charge >= 0.3 is 0 Å². The Balaban J connectivity index is 3.05. The molecule has 2 nitrogen and oxygen atoms in total. The number of hydrogen-bond donors (Lipinski definition) is 1. The Kier molecular flexibility index (Phi) is 2.43. The van der Waals surface area contributed by atoms with Crippen molar-refractivity contribution >= 4 is 5.78 Å². The molecule has 12 heavy (non-hydrogen) atoms. The lowest BCUT2D eigenvalue weighted by molar-refractivity contribution is 0.0987. The highest BCUT2D eigenvalue weighted by molar-refractivity contribution is 5.96. The molecule has 0 fully saturated rings. The van der Waals surface area contributed by atoms with E-state index in [1.165, 1.54) is 6.07 Å². The third-order valence-corrected chi connectivity index (χ3v) is 1.59. The Bertz CT molecular complexity index is 307. The Hall–Kier alpha value is -1.38. The maximum absolute atomic E-state index is 12.5. The number of phenols is 1. The van der Waals surface area contributed by atoms with E-state index in [9.17, 15) is 9.18 Å². The van der Waals surface area contributed by atoms with Gasteiger partial charge in [0.05, 0.1) is 0 Å². The van der Waals surface area contributed by atoms with Crippen molar-refractivity contribution in [3.05, 3.63) is 29.6 Å². The molecule has 0 aromatic heterocycles. The second-order valence-corrected chi connectivity index (χ2v) is 2.44. The van der Waals surface area contributed by atoms with Crippen molar-refractivity contribution in [3.8, 4) is 5.75 Å². The molecule has 0 saturated heterocycles. The van der Waals surface area contributed by atoms with Crippen LogP contribution in [0.3, 0.4) is 0 Å². The number of halogens is 1. The summed E-state index contributed by atoms with van der Waals surface area (Å²) in [4.78, 5) is 11.0. The Morgan fingerprint density at radius 3 is 2.75 bits per heavy atom. The first kappa shape index (κ1) is 8.71. The van der Waals surface area contributed by atoms with Gasteiger partial charge in [-0.25, -0.2) is 4.39 Å².